The molecule has 1 atom stereocenters. The molecule has 4 nitrogen and oxygen atoms in total. The second kappa shape index (κ2) is 7.12. The van der Waals surface area contributed by atoms with Gasteiger partial charge in [-0.05, 0) is 37.8 Å². The first-order valence-electron chi connectivity index (χ1n) is 9.01. The van der Waals surface area contributed by atoms with Gasteiger partial charge in [0.2, 0.25) is 0 Å². The third kappa shape index (κ3) is 3.53. The van der Waals surface area contributed by atoms with Gasteiger partial charge in [-0.15, -0.1) is 0 Å². The lowest BCUT2D eigenvalue weighted by Crippen LogP contribution is -2.39. The molecule has 1 unspecified atom stereocenters. The molecule has 2 aliphatic rings. The van der Waals surface area contributed by atoms with E-state index in [1.807, 2.05) is 13.8 Å². The van der Waals surface area contributed by atoms with Gasteiger partial charge in [-0.1, -0.05) is 31.5 Å². The zero-order valence-corrected chi connectivity index (χ0v) is 16.7. The fourth-order valence-electron chi connectivity index (χ4n) is 3.99. The molecule has 0 spiro atoms. The average Bonchev–Trinajstić information content (AvgIpc) is 2.52. The molecule has 144 valence electrons. The number of carbonyl (C=O) groups is 2. The molecule has 1 N–H and O–H groups in total. The Bertz CT molecular complexity index is 865. The molecular formula is C21H23ClFNO3. The van der Waals surface area contributed by atoms with Gasteiger partial charge in [-0.25, -0.2) is 9.18 Å². The number of ether oxygens (including phenoxy) is 1. The summed E-state index contributed by atoms with van der Waals surface area (Å²) in [5.41, 5.74) is 1.86. The van der Waals surface area contributed by atoms with Gasteiger partial charge in [0.1, 0.15) is 5.82 Å². The van der Waals surface area contributed by atoms with Crippen LogP contribution in [0.5, 0.6) is 0 Å². The number of halogens is 2. The number of allylic oxidation sites excluding steroid dienone is 3. The third-order valence-electron chi connectivity index (χ3n) is 5.02. The molecule has 0 fully saturated rings. The standard InChI is InChI=1S/C21H23ClFNO3/c1-5-27-20(26)16-11(2)24-14-9-21(3,4)10-15(25)18(14)19(16)17-12(22)7-6-8-13(17)23/h6-8,19,24H,5,9-10H2,1-4H3. The Labute approximate surface area is 163 Å². The van der Waals surface area contributed by atoms with E-state index in [4.69, 9.17) is 16.3 Å². The molecule has 1 aromatic rings. The summed E-state index contributed by atoms with van der Waals surface area (Å²) in [6, 6.07) is 4.36. The van der Waals surface area contributed by atoms with Crippen LogP contribution in [0.1, 0.15) is 52.0 Å². The number of ketones is 1. The van der Waals surface area contributed by atoms with E-state index in [1.165, 1.54) is 12.1 Å². The maximum absolute atomic E-state index is 14.8. The van der Waals surface area contributed by atoms with Crippen molar-refractivity contribution in [2.45, 2.75) is 46.5 Å². The number of hydrogen-bond donors (Lipinski definition) is 1. The molecule has 1 aliphatic heterocycles. The van der Waals surface area contributed by atoms with Crippen molar-refractivity contribution >= 4 is 23.4 Å². The maximum atomic E-state index is 14.8. The van der Waals surface area contributed by atoms with E-state index < -0.39 is 17.7 Å². The molecule has 1 aliphatic carbocycles. The molecule has 6 heteroatoms. The van der Waals surface area contributed by atoms with Crippen molar-refractivity contribution in [1.82, 2.24) is 5.32 Å². The highest BCUT2D eigenvalue weighted by molar-refractivity contribution is 6.31. The number of nitrogens with one attached hydrogen (secondary N) is 1. The Morgan fingerprint density at radius 1 is 1.37 bits per heavy atom. The molecular weight excluding hydrogens is 369 g/mol. The van der Waals surface area contributed by atoms with Crippen LogP contribution in [0.25, 0.3) is 0 Å². The van der Waals surface area contributed by atoms with E-state index in [1.54, 1.807) is 19.9 Å². The average molecular weight is 392 g/mol. The lowest BCUT2D eigenvalue weighted by atomic mass is 9.68. The number of rotatable bonds is 3. The number of carbonyl (C=O) groups excluding carboxylic acids is 2. The second-order valence-corrected chi connectivity index (χ2v) is 8.19. The summed E-state index contributed by atoms with van der Waals surface area (Å²) in [5.74, 6) is -2.10. The summed E-state index contributed by atoms with van der Waals surface area (Å²) in [6.07, 6.45) is 0.954. The molecule has 0 radical (unpaired) electrons. The number of Topliss-reactive ketones (excluding diaryl/α,β-unsaturated/α-hetero) is 1. The Kier molecular flexibility index (Phi) is 5.17. The molecule has 1 aromatic carbocycles. The molecule has 0 aromatic heterocycles. The summed E-state index contributed by atoms with van der Waals surface area (Å²) >= 11 is 6.32. The van der Waals surface area contributed by atoms with Gasteiger partial charge >= 0.3 is 5.97 Å². The highest BCUT2D eigenvalue weighted by Crippen LogP contribution is 2.48. The van der Waals surface area contributed by atoms with Gasteiger partial charge in [0.15, 0.2) is 5.78 Å². The van der Waals surface area contributed by atoms with Gasteiger partial charge in [0.05, 0.1) is 18.1 Å². The Balaban J connectivity index is 2.26. The Hall–Kier alpha value is -2.14. The summed E-state index contributed by atoms with van der Waals surface area (Å²) in [5, 5.41) is 3.39. The molecule has 0 amide bonds. The second-order valence-electron chi connectivity index (χ2n) is 7.79. The minimum absolute atomic E-state index is 0.104. The first-order chi connectivity index (χ1) is 12.7. The van der Waals surface area contributed by atoms with Crippen molar-refractivity contribution in [3.63, 3.8) is 0 Å². The minimum Gasteiger partial charge on any atom is -0.463 e. The predicted molar refractivity (Wildman–Crippen MR) is 102 cm³/mol. The Morgan fingerprint density at radius 2 is 2.07 bits per heavy atom. The minimum atomic E-state index is -0.877. The lowest BCUT2D eigenvalue weighted by Gasteiger charge is -2.39. The number of esters is 1. The fourth-order valence-corrected chi connectivity index (χ4v) is 4.26. The van der Waals surface area contributed by atoms with E-state index in [-0.39, 0.29) is 34.0 Å². The van der Waals surface area contributed by atoms with Crippen molar-refractivity contribution in [3.8, 4) is 0 Å². The number of dihydropyridines is 1. The zero-order chi connectivity index (χ0) is 19.9. The molecule has 0 bridgehead atoms. The fraction of sp³-hybridized carbons (Fsp3) is 0.429. The topological polar surface area (TPSA) is 55.4 Å². The van der Waals surface area contributed by atoms with Gasteiger partial charge in [-0.2, -0.15) is 0 Å². The van der Waals surface area contributed by atoms with Crippen LogP contribution in [0.15, 0.2) is 40.7 Å². The molecule has 0 saturated heterocycles. The van der Waals surface area contributed by atoms with Crippen LogP contribution in [0.4, 0.5) is 4.39 Å². The quantitative estimate of drug-likeness (QED) is 0.762. The van der Waals surface area contributed by atoms with Crippen LogP contribution in [0, 0.1) is 11.2 Å². The molecule has 3 rings (SSSR count). The van der Waals surface area contributed by atoms with Crippen LogP contribution in [0.3, 0.4) is 0 Å². The Morgan fingerprint density at radius 3 is 2.70 bits per heavy atom. The van der Waals surface area contributed by atoms with Crippen molar-refractivity contribution in [2.24, 2.45) is 5.41 Å². The van der Waals surface area contributed by atoms with Gasteiger partial charge in [-0.3, -0.25) is 4.79 Å². The largest absolute Gasteiger partial charge is 0.463 e. The van der Waals surface area contributed by atoms with Crippen LogP contribution in [-0.4, -0.2) is 18.4 Å². The van der Waals surface area contributed by atoms with Crippen LogP contribution >= 0.6 is 11.6 Å². The van der Waals surface area contributed by atoms with Crippen LogP contribution in [0.2, 0.25) is 5.02 Å². The van der Waals surface area contributed by atoms with E-state index in [0.717, 1.165) is 5.70 Å². The van der Waals surface area contributed by atoms with Gasteiger partial charge in [0.25, 0.3) is 0 Å². The molecule has 1 heterocycles. The van der Waals surface area contributed by atoms with Crippen molar-refractivity contribution in [2.75, 3.05) is 6.61 Å². The van der Waals surface area contributed by atoms with E-state index in [9.17, 15) is 14.0 Å². The normalized spacial score (nSPS) is 21.7. The van der Waals surface area contributed by atoms with E-state index in [2.05, 4.69) is 5.32 Å². The molecule has 0 saturated carbocycles. The van der Waals surface area contributed by atoms with Crippen molar-refractivity contribution in [1.29, 1.82) is 0 Å². The number of hydrogen-bond acceptors (Lipinski definition) is 4. The maximum Gasteiger partial charge on any atom is 0.336 e. The highest BCUT2D eigenvalue weighted by Gasteiger charge is 2.44. The predicted octanol–water partition coefficient (Wildman–Crippen LogP) is 4.65. The third-order valence-corrected chi connectivity index (χ3v) is 5.35. The summed E-state index contributed by atoms with van der Waals surface area (Å²) in [4.78, 5) is 25.7. The van der Waals surface area contributed by atoms with Gasteiger partial charge in [0, 0.05) is 34.0 Å². The SMILES string of the molecule is CCOC(=O)C1=C(C)NC2=C(C(=O)CC(C)(C)C2)C1c1c(F)cccc1Cl. The smallest absolute Gasteiger partial charge is 0.336 e. The van der Waals surface area contributed by atoms with Crippen LogP contribution < -0.4 is 5.32 Å². The monoisotopic (exact) mass is 391 g/mol. The summed E-state index contributed by atoms with van der Waals surface area (Å²) < 4.78 is 20.0. The first kappa shape index (κ1) is 19.6. The van der Waals surface area contributed by atoms with Crippen molar-refractivity contribution in [3.05, 3.63) is 57.1 Å². The van der Waals surface area contributed by atoms with Crippen LogP contribution in [-0.2, 0) is 14.3 Å². The zero-order valence-electron chi connectivity index (χ0n) is 15.9. The molecule has 27 heavy (non-hydrogen) atoms. The van der Waals surface area contributed by atoms with E-state index in [0.29, 0.717) is 24.1 Å². The van der Waals surface area contributed by atoms with Crippen molar-refractivity contribution < 1.29 is 18.7 Å². The number of benzene rings is 1. The summed E-state index contributed by atoms with van der Waals surface area (Å²) in [7, 11) is 0. The highest BCUT2D eigenvalue weighted by atomic mass is 35.5. The summed E-state index contributed by atoms with van der Waals surface area (Å²) in [6.45, 7) is 7.65. The van der Waals surface area contributed by atoms with E-state index >= 15 is 0 Å². The first-order valence-corrected chi connectivity index (χ1v) is 9.39. The lowest BCUT2D eigenvalue weighted by molar-refractivity contribution is -0.138. The van der Waals surface area contributed by atoms with Gasteiger partial charge < -0.3 is 10.1 Å².